The predicted molar refractivity (Wildman–Crippen MR) is 97.9 cm³/mol. The normalized spacial score (nSPS) is 16.0. The van der Waals surface area contributed by atoms with Gasteiger partial charge < -0.3 is 10.1 Å². The van der Waals surface area contributed by atoms with E-state index in [0.717, 1.165) is 15.6 Å². The number of amides is 2. The molecule has 1 N–H and O–H groups in total. The van der Waals surface area contributed by atoms with E-state index in [1.807, 2.05) is 18.2 Å². The van der Waals surface area contributed by atoms with E-state index in [2.05, 4.69) is 21.2 Å². The molecule has 3 rings (SSSR count). The highest BCUT2D eigenvalue weighted by molar-refractivity contribution is 9.10. The zero-order valence-electron chi connectivity index (χ0n) is 14.2. The molecule has 7 heteroatoms. The first-order chi connectivity index (χ1) is 12.5. The average Bonchev–Trinajstić information content (AvgIpc) is 2.65. The number of carbonyl (C=O) groups excluding carboxylic acids is 2. The van der Waals surface area contributed by atoms with Crippen LogP contribution in [-0.4, -0.2) is 30.6 Å². The second kappa shape index (κ2) is 7.86. The maximum atomic E-state index is 13.8. The lowest BCUT2D eigenvalue weighted by Crippen LogP contribution is -2.47. The van der Waals surface area contributed by atoms with Crippen molar-refractivity contribution in [2.45, 2.75) is 19.0 Å². The summed E-state index contributed by atoms with van der Waals surface area (Å²) in [5.74, 6) is -0.762. The molecule has 0 saturated heterocycles. The second-order valence-electron chi connectivity index (χ2n) is 5.97. The van der Waals surface area contributed by atoms with E-state index in [1.54, 1.807) is 18.2 Å². The van der Waals surface area contributed by atoms with E-state index in [4.69, 9.17) is 4.74 Å². The molecule has 0 unspecified atom stereocenters. The number of fused-ring (bicyclic) bond motifs is 1. The van der Waals surface area contributed by atoms with Gasteiger partial charge in [-0.2, -0.15) is 0 Å². The molecule has 1 atom stereocenters. The number of nitrogens with zero attached hydrogens (tertiary/aromatic N) is 1. The fourth-order valence-corrected chi connectivity index (χ4v) is 3.48. The highest BCUT2D eigenvalue weighted by Gasteiger charge is 2.36. The van der Waals surface area contributed by atoms with Crippen molar-refractivity contribution in [3.8, 4) is 0 Å². The van der Waals surface area contributed by atoms with Crippen LogP contribution in [0.4, 0.5) is 9.18 Å². The maximum absolute atomic E-state index is 13.8. The third kappa shape index (κ3) is 3.72. The van der Waals surface area contributed by atoms with Crippen molar-refractivity contribution in [1.82, 2.24) is 10.2 Å². The van der Waals surface area contributed by atoms with Crippen molar-refractivity contribution in [1.29, 1.82) is 0 Å². The Morgan fingerprint density at radius 2 is 2.08 bits per heavy atom. The molecule has 0 radical (unpaired) electrons. The summed E-state index contributed by atoms with van der Waals surface area (Å²) in [6, 6.07) is 11.1. The molecule has 0 aliphatic carbocycles. The Morgan fingerprint density at radius 1 is 1.31 bits per heavy atom. The summed E-state index contributed by atoms with van der Waals surface area (Å²) < 4.78 is 19.4. The molecule has 2 aromatic rings. The van der Waals surface area contributed by atoms with E-state index in [0.29, 0.717) is 18.5 Å². The van der Waals surface area contributed by atoms with Crippen LogP contribution in [0.5, 0.6) is 0 Å². The molecule has 1 heterocycles. The van der Waals surface area contributed by atoms with Crippen LogP contribution < -0.4 is 5.32 Å². The molecule has 2 amide bonds. The van der Waals surface area contributed by atoms with E-state index in [9.17, 15) is 14.0 Å². The summed E-state index contributed by atoms with van der Waals surface area (Å²) in [4.78, 5) is 26.4. The van der Waals surface area contributed by atoms with Gasteiger partial charge in [-0.25, -0.2) is 9.18 Å². The fourth-order valence-electron chi connectivity index (χ4n) is 3.10. The molecule has 136 valence electrons. The van der Waals surface area contributed by atoms with Crippen molar-refractivity contribution in [3.63, 3.8) is 0 Å². The minimum Gasteiger partial charge on any atom is -0.453 e. The summed E-state index contributed by atoms with van der Waals surface area (Å²) in [5, 5.41) is 2.74. The van der Waals surface area contributed by atoms with Gasteiger partial charge in [-0.1, -0.05) is 40.2 Å². The Balaban J connectivity index is 1.88. The minimum absolute atomic E-state index is 0.0420. The molecule has 2 aromatic carbocycles. The molecule has 0 saturated carbocycles. The van der Waals surface area contributed by atoms with Gasteiger partial charge in [-0.15, -0.1) is 0 Å². The molecule has 0 fully saturated rings. The monoisotopic (exact) mass is 420 g/mol. The lowest BCUT2D eigenvalue weighted by Gasteiger charge is -2.35. The lowest BCUT2D eigenvalue weighted by molar-refractivity contribution is -0.126. The molecule has 1 aliphatic heterocycles. The number of benzene rings is 2. The number of rotatable bonds is 3. The maximum Gasteiger partial charge on any atom is 0.410 e. The van der Waals surface area contributed by atoms with E-state index < -0.39 is 12.1 Å². The second-order valence-corrected chi connectivity index (χ2v) is 6.88. The minimum atomic E-state index is -0.824. The predicted octanol–water partition coefficient (Wildman–Crippen LogP) is 3.57. The molecular formula is C19H18BrFN2O3. The van der Waals surface area contributed by atoms with Crippen molar-refractivity contribution in [3.05, 3.63) is 69.4 Å². The molecule has 0 spiro atoms. The van der Waals surface area contributed by atoms with Gasteiger partial charge in [0, 0.05) is 23.1 Å². The molecule has 0 bridgehead atoms. The number of ether oxygens (including phenoxy) is 1. The van der Waals surface area contributed by atoms with E-state index >= 15 is 0 Å². The number of nitrogens with one attached hydrogen (secondary N) is 1. The zero-order chi connectivity index (χ0) is 18.7. The van der Waals surface area contributed by atoms with Gasteiger partial charge >= 0.3 is 6.09 Å². The molecule has 1 aliphatic rings. The van der Waals surface area contributed by atoms with Crippen LogP contribution >= 0.6 is 15.9 Å². The Labute approximate surface area is 159 Å². The first kappa shape index (κ1) is 18.4. The van der Waals surface area contributed by atoms with Crippen LogP contribution in [0, 0.1) is 5.82 Å². The van der Waals surface area contributed by atoms with Gasteiger partial charge in [0.15, 0.2) is 0 Å². The van der Waals surface area contributed by atoms with Gasteiger partial charge in [-0.3, -0.25) is 9.69 Å². The van der Waals surface area contributed by atoms with Gasteiger partial charge in [0.05, 0.1) is 7.11 Å². The Hall–Kier alpha value is -2.41. The van der Waals surface area contributed by atoms with E-state index in [1.165, 1.54) is 18.1 Å². The van der Waals surface area contributed by atoms with Gasteiger partial charge in [0.2, 0.25) is 5.91 Å². The van der Waals surface area contributed by atoms with Gasteiger partial charge in [0.1, 0.15) is 11.9 Å². The first-order valence-electron chi connectivity index (χ1n) is 8.15. The van der Waals surface area contributed by atoms with Crippen molar-refractivity contribution < 1.29 is 18.7 Å². The van der Waals surface area contributed by atoms with Crippen LogP contribution in [0.25, 0.3) is 0 Å². The van der Waals surface area contributed by atoms with Gasteiger partial charge in [-0.05, 0) is 35.7 Å². The van der Waals surface area contributed by atoms with Gasteiger partial charge in [0.25, 0.3) is 0 Å². The summed E-state index contributed by atoms with van der Waals surface area (Å²) in [6.07, 6.45) is 0.0658. The summed E-state index contributed by atoms with van der Waals surface area (Å²) in [5.41, 5.74) is 2.12. The molecule has 26 heavy (non-hydrogen) atoms. The first-order valence-corrected chi connectivity index (χ1v) is 8.94. The van der Waals surface area contributed by atoms with E-state index in [-0.39, 0.29) is 18.3 Å². The highest BCUT2D eigenvalue weighted by Crippen LogP contribution is 2.32. The summed E-state index contributed by atoms with van der Waals surface area (Å²) in [7, 11) is 1.28. The number of hydrogen-bond acceptors (Lipinski definition) is 3. The van der Waals surface area contributed by atoms with Crippen LogP contribution in [-0.2, 0) is 22.5 Å². The number of methoxy groups -OCH3 is 1. The lowest BCUT2D eigenvalue weighted by atomic mass is 9.92. The molecule has 5 nitrogen and oxygen atoms in total. The Morgan fingerprint density at radius 3 is 2.81 bits per heavy atom. The van der Waals surface area contributed by atoms with Crippen molar-refractivity contribution >= 4 is 27.9 Å². The SMILES string of the molecule is COC(=O)N1CCc2ccc(Br)cc2[C@H]1C(=O)NCc1ccccc1F. The number of halogens is 2. The summed E-state index contributed by atoms with van der Waals surface area (Å²) >= 11 is 3.41. The standard InChI is InChI=1S/C19H18BrFN2O3/c1-26-19(25)23-9-8-12-6-7-14(20)10-15(12)17(23)18(24)22-11-13-4-2-3-5-16(13)21/h2-7,10,17H,8-9,11H2,1H3,(H,22,24)/t17-/m0/s1. The quantitative estimate of drug-likeness (QED) is 0.825. The fraction of sp³-hybridized carbons (Fsp3) is 0.263. The summed E-state index contributed by atoms with van der Waals surface area (Å²) in [6.45, 7) is 0.416. The topological polar surface area (TPSA) is 58.6 Å². The largest absolute Gasteiger partial charge is 0.453 e. The van der Waals surface area contributed by atoms with Crippen LogP contribution in [0.1, 0.15) is 22.7 Å². The Bertz CT molecular complexity index is 843. The molecule has 0 aromatic heterocycles. The third-order valence-corrected chi connectivity index (χ3v) is 4.90. The third-order valence-electron chi connectivity index (χ3n) is 4.40. The van der Waals surface area contributed by atoms with Crippen LogP contribution in [0.3, 0.4) is 0 Å². The molecular weight excluding hydrogens is 403 g/mol. The number of hydrogen-bond donors (Lipinski definition) is 1. The zero-order valence-corrected chi connectivity index (χ0v) is 15.8. The average molecular weight is 421 g/mol. The van der Waals surface area contributed by atoms with Crippen LogP contribution in [0.15, 0.2) is 46.9 Å². The smallest absolute Gasteiger partial charge is 0.410 e. The Kier molecular flexibility index (Phi) is 5.56. The highest BCUT2D eigenvalue weighted by atomic mass is 79.9. The number of carbonyl (C=O) groups is 2. The van der Waals surface area contributed by atoms with Crippen LogP contribution in [0.2, 0.25) is 0 Å². The van der Waals surface area contributed by atoms with Crippen molar-refractivity contribution in [2.24, 2.45) is 0 Å². The van der Waals surface area contributed by atoms with Crippen molar-refractivity contribution in [2.75, 3.05) is 13.7 Å².